The minimum atomic E-state index is -3.46. The molecule has 0 saturated heterocycles. The smallest absolute Gasteiger partial charge is 0.310 e. The van der Waals surface area contributed by atoms with Crippen LogP contribution < -0.4 is 0 Å². The highest BCUT2D eigenvalue weighted by Crippen LogP contribution is 2.37. The van der Waals surface area contributed by atoms with Crippen molar-refractivity contribution in [3.63, 3.8) is 0 Å². The molecule has 1 aromatic rings. The van der Waals surface area contributed by atoms with E-state index in [1.165, 1.54) is 18.2 Å². The Morgan fingerprint density at radius 3 is 2.71 bits per heavy atom. The van der Waals surface area contributed by atoms with Gasteiger partial charge in [0.05, 0.1) is 15.8 Å². The average molecular weight is 375 g/mol. The highest BCUT2D eigenvalue weighted by Gasteiger charge is 2.31. The van der Waals surface area contributed by atoms with Gasteiger partial charge in [0.2, 0.25) is 0 Å². The summed E-state index contributed by atoms with van der Waals surface area (Å²) in [6, 6.07) is 4.25. The zero-order valence-electron chi connectivity index (χ0n) is 13.1. The van der Waals surface area contributed by atoms with Gasteiger partial charge in [-0.25, -0.2) is 8.42 Å². The molecule has 24 heavy (non-hydrogen) atoms. The lowest BCUT2D eigenvalue weighted by molar-refractivity contribution is -0.139. The Labute approximate surface area is 145 Å². The molecule has 0 amide bonds. The Morgan fingerprint density at radius 1 is 1.46 bits per heavy atom. The Morgan fingerprint density at radius 2 is 2.17 bits per heavy atom. The van der Waals surface area contributed by atoms with Gasteiger partial charge in [-0.3, -0.25) is 9.59 Å². The second-order valence-electron chi connectivity index (χ2n) is 6.12. The Balaban J connectivity index is 2.18. The summed E-state index contributed by atoms with van der Waals surface area (Å²) >= 11 is 6.01. The molecule has 8 heteroatoms. The Kier molecular flexibility index (Phi) is 5.87. The molecule has 1 N–H and O–H groups in total. The van der Waals surface area contributed by atoms with Gasteiger partial charge in [0.15, 0.2) is 9.84 Å². The summed E-state index contributed by atoms with van der Waals surface area (Å²) in [5.74, 6) is -1.64. The second-order valence-corrected chi connectivity index (χ2v) is 8.51. The van der Waals surface area contributed by atoms with E-state index in [-0.39, 0.29) is 21.9 Å². The minimum absolute atomic E-state index is 0.0163. The molecule has 6 nitrogen and oxygen atoms in total. The zero-order chi connectivity index (χ0) is 17.9. The zero-order valence-corrected chi connectivity index (χ0v) is 14.7. The molecule has 1 aliphatic carbocycles. The molecule has 1 aliphatic rings. The van der Waals surface area contributed by atoms with Crippen LogP contribution in [0.2, 0.25) is 5.02 Å². The summed E-state index contributed by atoms with van der Waals surface area (Å²) in [6.07, 6.45) is 3.44. The number of hydrogen-bond acceptors (Lipinski definition) is 5. The molecule has 0 heterocycles. The number of carbonyl (C=O) groups is 2. The number of sulfone groups is 1. The van der Waals surface area contributed by atoms with Crippen molar-refractivity contribution in [2.75, 3.05) is 6.26 Å². The highest BCUT2D eigenvalue weighted by atomic mass is 35.5. The molecule has 0 spiro atoms. The lowest BCUT2D eigenvalue weighted by Crippen LogP contribution is -2.16. The molecule has 0 bridgehead atoms. The van der Waals surface area contributed by atoms with E-state index in [4.69, 9.17) is 16.3 Å². The first kappa shape index (κ1) is 18.7. The van der Waals surface area contributed by atoms with Crippen molar-refractivity contribution in [2.24, 2.45) is 5.92 Å². The summed E-state index contributed by atoms with van der Waals surface area (Å²) in [5.41, 5.74) is 0.472. The van der Waals surface area contributed by atoms with Crippen LogP contribution >= 0.6 is 11.6 Å². The average Bonchev–Trinajstić information content (AvgIpc) is 2.91. The van der Waals surface area contributed by atoms with Crippen LogP contribution in [-0.4, -0.2) is 38.3 Å². The maximum Gasteiger partial charge on any atom is 0.310 e. The predicted molar refractivity (Wildman–Crippen MR) is 87.8 cm³/mol. The first-order valence-corrected chi connectivity index (χ1v) is 9.80. The predicted octanol–water partition coefficient (Wildman–Crippen LogP) is 2.64. The van der Waals surface area contributed by atoms with Crippen LogP contribution in [0.25, 0.3) is 0 Å². The fourth-order valence-corrected chi connectivity index (χ4v) is 4.53. The lowest BCUT2D eigenvalue weighted by atomic mass is 9.88. The van der Waals surface area contributed by atoms with Crippen molar-refractivity contribution >= 4 is 33.9 Å². The number of carboxylic acid groups (broad SMARTS) is 1. The SMILES string of the molecule is CS(=O)(=O)c1ccc([C@@H](CC2CCC(OC=O)C2)C(=O)O)cc1Cl. The summed E-state index contributed by atoms with van der Waals surface area (Å²) in [4.78, 5) is 22.0. The third-order valence-electron chi connectivity index (χ3n) is 4.37. The number of aliphatic carboxylic acids is 1. The molecule has 2 rings (SSSR count). The van der Waals surface area contributed by atoms with Crippen LogP contribution in [0.4, 0.5) is 0 Å². The number of ether oxygens (including phenoxy) is 1. The number of rotatable bonds is 7. The number of halogens is 1. The van der Waals surface area contributed by atoms with Crippen LogP contribution in [0.1, 0.15) is 37.2 Å². The Hall–Kier alpha value is -1.60. The molecular weight excluding hydrogens is 356 g/mol. The van der Waals surface area contributed by atoms with Crippen molar-refractivity contribution in [1.29, 1.82) is 0 Å². The van der Waals surface area contributed by atoms with Crippen LogP contribution in [0, 0.1) is 5.92 Å². The summed E-state index contributed by atoms with van der Waals surface area (Å²) in [7, 11) is -3.46. The number of hydrogen-bond donors (Lipinski definition) is 1. The van der Waals surface area contributed by atoms with Gasteiger partial charge >= 0.3 is 5.97 Å². The standard InChI is InChI=1S/C16H19ClO6S/c1-24(21,22)15-5-3-11(8-14(15)17)13(16(19)20)7-10-2-4-12(6-10)23-9-18/h3,5,8-10,12-13H,2,4,6-7H2,1H3,(H,19,20)/t10?,12?,13-/m1/s1. The quantitative estimate of drug-likeness (QED) is 0.737. The van der Waals surface area contributed by atoms with Crippen molar-refractivity contribution < 1.29 is 27.9 Å². The van der Waals surface area contributed by atoms with Gasteiger partial charge in [-0.05, 0) is 49.3 Å². The summed E-state index contributed by atoms with van der Waals surface area (Å²) in [5, 5.41) is 9.55. The molecule has 1 aromatic carbocycles. The molecule has 1 saturated carbocycles. The first-order chi connectivity index (χ1) is 11.2. The summed E-state index contributed by atoms with van der Waals surface area (Å²) < 4.78 is 28.1. The minimum Gasteiger partial charge on any atom is -0.481 e. The van der Waals surface area contributed by atoms with Crippen LogP contribution in [0.5, 0.6) is 0 Å². The third kappa shape index (κ3) is 4.48. The van der Waals surface area contributed by atoms with Gasteiger partial charge in [-0.1, -0.05) is 17.7 Å². The molecule has 0 aliphatic heterocycles. The van der Waals surface area contributed by atoms with E-state index < -0.39 is 21.7 Å². The van der Waals surface area contributed by atoms with Gasteiger partial charge in [0, 0.05) is 6.26 Å². The van der Waals surface area contributed by atoms with Gasteiger partial charge in [0.25, 0.3) is 6.47 Å². The van der Waals surface area contributed by atoms with Gasteiger partial charge in [0.1, 0.15) is 6.10 Å². The van der Waals surface area contributed by atoms with E-state index in [0.717, 1.165) is 19.1 Å². The first-order valence-electron chi connectivity index (χ1n) is 7.53. The molecule has 1 fully saturated rings. The highest BCUT2D eigenvalue weighted by molar-refractivity contribution is 7.90. The topological polar surface area (TPSA) is 97.7 Å². The lowest BCUT2D eigenvalue weighted by Gasteiger charge is -2.18. The van der Waals surface area contributed by atoms with E-state index in [0.29, 0.717) is 24.9 Å². The fraction of sp³-hybridized carbons (Fsp3) is 0.500. The van der Waals surface area contributed by atoms with Crippen LogP contribution in [-0.2, 0) is 24.2 Å². The van der Waals surface area contributed by atoms with Gasteiger partial charge in [-0.15, -0.1) is 0 Å². The molecule has 2 unspecified atom stereocenters. The second kappa shape index (κ2) is 7.53. The van der Waals surface area contributed by atoms with Crippen molar-refractivity contribution in [2.45, 2.75) is 42.6 Å². The number of carbonyl (C=O) groups excluding carboxylic acids is 1. The Bertz CT molecular complexity index is 730. The van der Waals surface area contributed by atoms with Crippen molar-refractivity contribution in [3.8, 4) is 0 Å². The number of benzene rings is 1. The van der Waals surface area contributed by atoms with E-state index in [9.17, 15) is 23.1 Å². The van der Waals surface area contributed by atoms with Gasteiger partial charge < -0.3 is 9.84 Å². The third-order valence-corrected chi connectivity index (χ3v) is 5.95. The van der Waals surface area contributed by atoms with E-state index in [2.05, 4.69) is 0 Å². The monoisotopic (exact) mass is 374 g/mol. The maximum absolute atomic E-state index is 11.6. The van der Waals surface area contributed by atoms with E-state index in [1.807, 2.05) is 0 Å². The van der Waals surface area contributed by atoms with E-state index >= 15 is 0 Å². The van der Waals surface area contributed by atoms with Crippen LogP contribution in [0.3, 0.4) is 0 Å². The molecule has 3 atom stereocenters. The number of carboxylic acids is 1. The molecule has 0 radical (unpaired) electrons. The summed E-state index contributed by atoms with van der Waals surface area (Å²) in [6.45, 7) is 0.422. The molecule has 132 valence electrons. The largest absolute Gasteiger partial charge is 0.481 e. The van der Waals surface area contributed by atoms with E-state index in [1.54, 1.807) is 0 Å². The van der Waals surface area contributed by atoms with Gasteiger partial charge in [-0.2, -0.15) is 0 Å². The van der Waals surface area contributed by atoms with Crippen molar-refractivity contribution in [1.82, 2.24) is 0 Å². The normalized spacial score (nSPS) is 22.1. The molecule has 0 aromatic heterocycles. The maximum atomic E-state index is 11.6. The molecular formula is C16H19ClO6S. The fourth-order valence-electron chi connectivity index (χ4n) is 3.19. The van der Waals surface area contributed by atoms with Crippen molar-refractivity contribution in [3.05, 3.63) is 28.8 Å². The van der Waals surface area contributed by atoms with Crippen LogP contribution in [0.15, 0.2) is 23.1 Å².